The van der Waals surface area contributed by atoms with Gasteiger partial charge in [0.2, 0.25) is 0 Å². The number of benzene rings is 2. The number of ether oxygens (including phenoxy) is 1. The van der Waals surface area contributed by atoms with Gasteiger partial charge >= 0.3 is 5.69 Å². The Morgan fingerprint density at radius 2 is 1.91 bits per heavy atom. The van der Waals surface area contributed by atoms with Crippen molar-refractivity contribution < 1.29 is 9.57 Å². The summed E-state index contributed by atoms with van der Waals surface area (Å²) in [6.07, 6.45) is 6.03. The summed E-state index contributed by atoms with van der Waals surface area (Å²) in [5, 5.41) is 12.2. The Labute approximate surface area is 206 Å². The minimum Gasteiger partial charge on any atom is -0.489 e. The topological polar surface area (TPSA) is 83.5 Å². The molecule has 186 valence electrons. The fourth-order valence-electron chi connectivity index (χ4n) is 4.92. The molecule has 0 unspecified atom stereocenters. The van der Waals surface area contributed by atoms with Crippen molar-refractivity contribution in [1.82, 2.24) is 19.8 Å². The van der Waals surface area contributed by atoms with Gasteiger partial charge in [0.15, 0.2) is 0 Å². The highest BCUT2D eigenvalue weighted by Gasteiger charge is 2.23. The van der Waals surface area contributed by atoms with Crippen LogP contribution < -0.4 is 10.4 Å². The molecule has 8 nitrogen and oxygen atoms in total. The van der Waals surface area contributed by atoms with Crippen molar-refractivity contribution in [2.75, 3.05) is 7.11 Å². The number of nitrogens with zero attached hydrogens (tertiary/aromatic N) is 5. The molecule has 4 rings (SSSR count). The third-order valence-corrected chi connectivity index (χ3v) is 6.76. The van der Waals surface area contributed by atoms with Crippen LogP contribution in [0.3, 0.4) is 0 Å². The highest BCUT2D eigenvalue weighted by Crippen LogP contribution is 2.36. The number of rotatable bonds is 8. The van der Waals surface area contributed by atoms with Crippen LogP contribution in [0.2, 0.25) is 0 Å². The molecule has 35 heavy (non-hydrogen) atoms. The molecule has 0 N–H and O–H groups in total. The molecule has 2 aromatic carbocycles. The third kappa shape index (κ3) is 5.31. The van der Waals surface area contributed by atoms with Gasteiger partial charge in [-0.1, -0.05) is 50.4 Å². The van der Waals surface area contributed by atoms with Gasteiger partial charge in [0.05, 0.1) is 11.4 Å². The van der Waals surface area contributed by atoms with E-state index in [-0.39, 0.29) is 11.6 Å². The van der Waals surface area contributed by atoms with Crippen LogP contribution in [0.5, 0.6) is 5.75 Å². The van der Waals surface area contributed by atoms with E-state index >= 15 is 0 Å². The molecule has 1 saturated carbocycles. The smallest absolute Gasteiger partial charge is 0.368 e. The van der Waals surface area contributed by atoms with E-state index < -0.39 is 0 Å². The summed E-state index contributed by atoms with van der Waals surface area (Å²) in [6.45, 7) is 6.56. The van der Waals surface area contributed by atoms with Crippen LogP contribution in [0.15, 0.2) is 46.3 Å². The monoisotopic (exact) mass is 477 g/mol. The van der Waals surface area contributed by atoms with Crippen molar-refractivity contribution in [3.63, 3.8) is 0 Å². The van der Waals surface area contributed by atoms with Gasteiger partial charge in [-0.25, -0.2) is 4.79 Å². The van der Waals surface area contributed by atoms with Crippen molar-refractivity contribution >= 4 is 5.71 Å². The Morgan fingerprint density at radius 1 is 1.14 bits per heavy atom. The molecule has 1 aliphatic carbocycles. The molecule has 1 fully saturated rings. The summed E-state index contributed by atoms with van der Waals surface area (Å²) in [6, 6.07) is 12.2. The molecular formula is C27H35N5O3. The van der Waals surface area contributed by atoms with E-state index in [2.05, 4.69) is 41.6 Å². The molecular weight excluding hydrogens is 442 g/mol. The number of hydrogen-bond donors (Lipinski definition) is 0. The van der Waals surface area contributed by atoms with E-state index in [0.29, 0.717) is 12.5 Å². The van der Waals surface area contributed by atoms with E-state index in [1.807, 2.05) is 31.2 Å². The quantitative estimate of drug-likeness (QED) is 0.340. The normalized spacial score (nSPS) is 15.0. The van der Waals surface area contributed by atoms with Crippen LogP contribution in [-0.4, -0.2) is 32.6 Å². The van der Waals surface area contributed by atoms with Crippen LogP contribution >= 0.6 is 0 Å². The Balaban J connectivity index is 1.68. The first-order valence-electron chi connectivity index (χ1n) is 12.4. The molecule has 8 heteroatoms. The Bertz CT molecular complexity index is 1250. The molecule has 0 saturated heterocycles. The fourth-order valence-corrected chi connectivity index (χ4v) is 4.92. The summed E-state index contributed by atoms with van der Waals surface area (Å²) in [7, 11) is 3.17. The maximum atomic E-state index is 12.7. The van der Waals surface area contributed by atoms with Crippen LogP contribution in [0.25, 0.3) is 5.69 Å². The van der Waals surface area contributed by atoms with Crippen molar-refractivity contribution in [3.05, 3.63) is 69.1 Å². The molecule has 0 aliphatic heterocycles. The average molecular weight is 478 g/mol. The maximum Gasteiger partial charge on any atom is 0.368 e. The minimum atomic E-state index is -0.272. The first-order valence-corrected chi connectivity index (χ1v) is 12.4. The van der Waals surface area contributed by atoms with E-state index in [4.69, 9.17) is 9.57 Å². The molecule has 0 spiro atoms. The maximum absolute atomic E-state index is 12.7. The predicted octanol–water partition coefficient (Wildman–Crippen LogP) is 4.91. The summed E-state index contributed by atoms with van der Waals surface area (Å²) in [4.78, 5) is 17.7. The summed E-state index contributed by atoms with van der Waals surface area (Å²) < 4.78 is 8.99. The Hall–Kier alpha value is -3.42. The average Bonchev–Trinajstić information content (AvgIpc) is 3.19. The minimum absolute atomic E-state index is 0.233. The molecule has 0 atom stereocenters. The van der Waals surface area contributed by atoms with Crippen molar-refractivity contribution in [1.29, 1.82) is 0 Å². The molecule has 0 amide bonds. The second-order valence-corrected chi connectivity index (χ2v) is 9.56. The SMILES string of the molecule is CON=C(c1ccc(OCc2c(C3CCCCC3)cccc2-n2nnn(C)c2=O)c(C)c1)C(C)C. The van der Waals surface area contributed by atoms with Crippen molar-refractivity contribution in [2.45, 2.75) is 65.4 Å². The first kappa shape index (κ1) is 24.7. The molecule has 1 aliphatic rings. The number of tetrazole rings is 1. The van der Waals surface area contributed by atoms with Gasteiger partial charge in [-0.15, -0.1) is 0 Å². The van der Waals surface area contributed by atoms with E-state index in [1.165, 1.54) is 34.2 Å². The number of aromatic nitrogens is 4. The van der Waals surface area contributed by atoms with Crippen LogP contribution in [0, 0.1) is 12.8 Å². The Morgan fingerprint density at radius 3 is 2.54 bits per heavy atom. The van der Waals surface area contributed by atoms with Gasteiger partial charge in [0.1, 0.15) is 19.5 Å². The molecule has 0 bridgehead atoms. The van der Waals surface area contributed by atoms with Crippen LogP contribution in [0.1, 0.15) is 74.1 Å². The van der Waals surface area contributed by atoms with Crippen molar-refractivity contribution in [2.24, 2.45) is 18.1 Å². The van der Waals surface area contributed by atoms with Gasteiger partial charge in [-0.3, -0.25) is 0 Å². The van der Waals surface area contributed by atoms with E-state index in [1.54, 1.807) is 14.2 Å². The van der Waals surface area contributed by atoms with Crippen LogP contribution in [0.4, 0.5) is 0 Å². The molecule has 1 aromatic heterocycles. The zero-order chi connectivity index (χ0) is 24.9. The highest BCUT2D eigenvalue weighted by atomic mass is 16.6. The lowest BCUT2D eigenvalue weighted by molar-refractivity contribution is 0.212. The number of hydrogen-bond acceptors (Lipinski definition) is 6. The lowest BCUT2D eigenvalue weighted by Crippen LogP contribution is -2.24. The lowest BCUT2D eigenvalue weighted by Gasteiger charge is -2.25. The summed E-state index contributed by atoms with van der Waals surface area (Å²) in [5.41, 5.74) is 5.62. The van der Waals surface area contributed by atoms with Gasteiger partial charge in [0.25, 0.3) is 0 Å². The molecule has 0 radical (unpaired) electrons. The van der Waals surface area contributed by atoms with Crippen molar-refractivity contribution in [3.8, 4) is 11.4 Å². The zero-order valence-electron chi connectivity index (χ0n) is 21.3. The van der Waals surface area contributed by atoms with E-state index in [0.717, 1.165) is 46.7 Å². The largest absolute Gasteiger partial charge is 0.489 e. The lowest BCUT2D eigenvalue weighted by atomic mass is 9.82. The number of aryl methyl sites for hydroxylation is 2. The first-order chi connectivity index (χ1) is 16.9. The second kappa shape index (κ2) is 10.9. The van der Waals surface area contributed by atoms with Gasteiger partial charge < -0.3 is 9.57 Å². The predicted molar refractivity (Wildman–Crippen MR) is 136 cm³/mol. The van der Waals surface area contributed by atoms with E-state index in [9.17, 15) is 4.79 Å². The summed E-state index contributed by atoms with van der Waals surface area (Å²) in [5.74, 6) is 1.48. The third-order valence-electron chi connectivity index (χ3n) is 6.76. The van der Waals surface area contributed by atoms with Crippen LogP contribution in [-0.2, 0) is 18.5 Å². The molecule has 3 aromatic rings. The highest BCUT2D eigenvalue weighted by molar-refractivity contribution is 6.01. The fraction of sp³-hybridized carbons (Fsp3) is 0.481. The molecule has 1 heterocycles. The standard InChI is InChI=1S/C27H35N5O3/c1-18(2)26(28-34-5)21-14-15-25(19(3)16-21)35-17-23-22(20-10-7-6-8-11-20)12-9-13-24(23)32-27(33)31(4)29-30-32/h9,12-16,18,20H,6-8,10-11,17H2,1-5H3. The van der Waals surface area contributed by atoms with Gasteiger partial charge in [-0.2, -0.15) is 9.36 Å². The van der Waals surface area contributed by atoms with Gasteiger partial charge in [0, 0.05) is 18.2 Å². The number of oxime groups is 1. The summed E-state index contributed by atoms with van der Waals surface area (Å²) >= 11 is 0. The second-order valence-electron chi connectivity index (χ2n) is 9.56. The van der Waals surface area contributed by atoms with Gasteiger partial charge in [-0.05, 0) is 77.4 Å². The Kier molecular flexibility index (Phi) is 7.68. The zero-order valence-corrected chi connectivity index (χ0v) is 21.3.